The van der Waals surface area contributed by atoms with E-state index >= 15 is 0 Å². The lowest BCUT2D eigenvalue weighted by Gasteiger charge is -2.04. The second-order valence-electron chi connectivity index (χ2n) is 4.08. The maximum absolute atomic E-state index is 11.1. The first-order valence-electron chi connectivity index (χ1n) is 5.65. The lowest BCUT2D eigenvalue weighted by Crippen LogP contribution is -2.07. The smallest absolute Gasteiger partial charge is 0.209 e. The van der Waals surface area contributed by atoms with E-state index < -0.39 is 9.84 Å². The van der Waals surface area contributed by atoms with Gasteiger partial charge in [-0.15, -0.1) is 5.10 Å². The van der Waals surface area contributed by atoms with E-state index in [-0.39, 0.29) is 5.75 Å². The highest BCUT2D eigenvalue weighted by molar-refractivity contribution is 8.00. The summed E-state index contributed by atoms with van der Waals surface area (Å²) in [6.07, 6.45) is 1.22. The van der Waals surface area contributed by atoms with Gasteiger partial charge in [-0.1, -0.05) is 42.1 Å². The van der Waals surface area contributed by atoms with Gasteiger partial charge < -0.3 is 0 Å². The van der Waals surface area contributed by atoms with Gasteiger partial charge >= 0.3 is 0 Å². The maximum atomic E-state index is 11.1. The number of hydrogen-bond donors (Lipinski definition) is 0. The molecule has 0 fully saturated rings. The van der Waals surface area contributed by atoms with Crippen LogP contribution in [-0.4, -0.2) is 46.4 Å². The van der Waals surface area contributed by atoms with Crippen LogP contribution in [0.25, 0.3) is 0 Å². The molecule has 0 saturated carbocycles. The minimum absolute atomic E-state index is 0.121. The normalized spacial score (nSPS) is 11.6. The number of hydrogen-bond acceptors (Lipinski definition) is 6. The minimum atomic E-state index is -2.95. The Labute approximate surface area is 116 Å². The topological polar surface area (TPSA) is 77.7 Å². The van der Waals surface area contributed by atoms with Crippen molar-refractivity contribution >= 4 is 21.6 Å². The first-order chi connectivity index (χ1) is 9.04. The van der Waals surface area contributed by atoms with Gasteiger partial charge in [0.2, 0.25) is 5.16 Å². The van der Waals surface area contributed by atoms with E-state index in [1.54, 1.807) is 4.68 Å². The van der Waals surface area contributed by atoms with E-state index in [1.165, 1.54) is 18.0 Å². The van der Waals surface area contributed by atoms with Gasteiger partial charge in [0.1, 0.15) is 9.84 Å². The molecule has 102 valence electrons. The summed E-state index contributed by atoms with van der Waals surface area (Å²) in [7, 11) is -2.95. The fraction of sp³-hybridized carbons (Fsp3) is 0.364. The van der Waals surface area contributed by atoms with Gasteiger partial charge in [0.25, 0.3) is 0 Å². The molecule has 0 aliphatic rings. The molecule has 0 aliphatic carbocycles. The Morgan fingerprint density at radius 2 is 2.00 bits per heavy atom. The molecule has 0 bridgehead atoms. The molecule has 19 heavy (non-hydrogen) atoms. The van der Waals surface area contributed by atoms with E-state index in [4.69, 9.17) is 0 Å². The van der Waals surface area contributed by atoms with Crippen molar-refractivity contribution in [3.8, 4) is 0 Å². The van der Waals surface area contributed by atoms with Crippen molar-refractivity contribution in [3.63, 3.8) is 0 Å². The highest BCUT2D eigenvalue weighted by atomic mass is 32.2. The molecule has 0 radical (unpaired) electrons. The number of sulfone groups is 1. The monoisotopic (exact) mass is 298 g/mol. The van der Waals surface area contributed by atoms with Crippen LogP contribution >= 0.6 is 11.8 Å². The van der Waals surface area contributed by atoms with Gasteiger partial charge in [-0.25, -0.2) is 13.1 Å². The lowest BCUT2D eigenvalue weighted by atomic mass is 10.2. The molecule has 1 heterocycles. The van der Waals surface area contributed by atoms with Gasteiger partial charge in [-0.3, -0.25) is 0 Å². The molecule has 1 aromatic heterocycles. The van der Waals surface area contributed by atoms with Crippen LogP contribution in [0.1, 0.15) is 5.56 Å². The summed E-state index contributed by atoms with van der Waals surface area (Å²) in [5.41, 5.74) is 1.10. The fourth-order valence-corrected chi connectivity index (χ4v) is 3.51. The van der Waals surface area contributed by atoms with Crippen LogP contribution in [0, 0.1) is 0 Å². The molecule has 2 rings (SSSR count). The predicted octanol–water partition coefficient (Wildman–Crippen LogP) is 0.858. The second-order valence-corrected chi connectivity index (χ2v) is 7.40. The molecule has 0 amide bonds. The highest BCUT2D eigenvalue weighted by Crippen LogP contribution is 2.15. The molecule has 6 nitrogen and oxygen atoms in total. The molecule has 8 heteroatoms. The Morgan fingerprint density at radius 3 is 2.68 bits per heavy atom. The standard InChI is InChI=1S/C11H14N4O2S2/c1-19(16,17)8-7-18-11-12-13-14-15(11)9-10-5-3-2-4-6-10/h2-6H,7-9H2,1H3. The van der Waals surface area contributed by atoms with Gasteiger partial charge in [0.15, 0.2) is 0 Å². The Balaban J connectivity index is 1.98. The summed E-state index contributed by atoms with van der Waals surface area (Å²) in [5, 5.41) is 12.1. The van der Waals surface area contributed by atoms with Crippen molar-refractivity contribution in [1.29, 1.82) is 0 Å². The number of thioether (sulfide) groups is 1. The van der Waals surface area contributed by atoms with Crippen molar-refractivity contribution < 1.29 is 8.42 Å². The Hall–Kier alpha value is -1.41. The molecule has 2 aromatic rings. The summed E-state index contributed by atoms with van der Waals surface area (Å²) in [4.78, 5) is 0. The molecule has 0 unspecified atom stereocenters. The van der Waals surface area contributed by atoms with Crippen LogP contribution in [0.5, 0.6) is 0 Å². The van der Waals surface area contributed by atoms with Crippen molar-refractivity contribution in [2.45, 2.75) is 11.7 Å². The molecule has 1 aromatic carbocycles. The Bertz CT molecular complexity index is 625. The molecule has 0 spiro atoms. The van der Waals surface area contributed by atoms with Crippen molar-refractivity contribution in [1.82, 2.24) is 20.2 Å². The van der Waals surface area contributed by atoms with Crippen LogP contribution in [0.3, 0.4) is 0 Å². The molecule has 0 atom stereocenters. The second kappa shape index (κ2) is 6.16. The summed E-state index contributed by atoms with van der Waals surface area (Å²) in [5.74, 6) is 0.573. The third-order valence-corrected chi connectivity index (χ3v) is 4.52. The van der Waals surface area contributed by atoms with Gasteiger partial charge in [-0.2, -0.15) is 0 Å². The van der Waals surface area contributed by atoms with E-state index in [0.29, 0.717) is 17.5 Å². The summed E-state index contributed by atoms with van der Waals surface area (Å²) in [6.45, 7) is 0.578. The van der Waals surface area contributed by atoms with Crippen molar-refractivity contribution in [2.24, 2.45) is 0 Å². The molecular weight excluding hydrogens is 284 g/mol. The van der Waals surface area contributed by atoms with Crippen molar-refractivity contribution in [3.05, 3.63) is 35.9 Å². The van der Waals surface area contributed by atoms with Crippen molar-refractivity contribution in [2.75, 3.05) is 17.8 Å². The van der Waals surface area contributed by atoms with Gasteiger partial charge in [0.05, 0.1) is 12.3 Å². The first-order valence-corrected chi connectivity index (χ1v) is 8.70. The number of aromatic nitrogens is 4. The third kappa shape index (κ3) is 4.64. The van der Waals surface area contributed by atoms with Gasteiger partial charge in [-0.05, 0) is 16.0 Å². The highest BCUT2D eigenvalue weighted by Gasteiger charge is 2.09. The molecule has 0 saturated heterocycles. The van der Waals surface area contributed by atoms with E-state index in [0.717, 1.165) is 5.56 Å². The third-order valence-electron chi connectivity index (χ3n) is 2.36. The largest absolute Gasteiger partial charge is 0.229 e. The van der Waals surface area contributed by atoms with E-state index in [2.05, 4.69) is 15.5 Å². The Morgan fingerprint density at radius 1 is 1.26 bits per heavy atom. The molecular formula is C11H14N4O2S2. The molecule has 0 N–H and O–H groups in total. The zero-order chi connectivity index (χ0) is 13.7. The number of rotatable bonds is 6. The van der Waals surface area contributed by atoms with E-state index in [9.17, 15) is 8.42 Å². The average Bonchev–Trinajstić information content (AvgIpc) is 2.76. The zero-order valence-electron chi connectivity index (χ0n) is 10.4. The summed E-state index contributed by atoms with van der Waals surface area (Å²) < 4.78 is 23.8. The Kier molecular flexibility index (Phi) is 4.54. The average molecular weight is 298 g/mol. The van der Waals surface area contributed by atoms with Crippen LogP contribution in [-0.2, 0) is 16.4 Å². The minimum Gasteiger partial charge on any atom is -0.229 e. The maximum Gasteiger partial charge on any atom is 0.209 e. The zero-order valence-corrected chi connectivity index (χ0v) is 12.1. The molecule has 0 aliphatic heterocycles. The van der Waals surface area contributed by atoms with Crippen LogP contribution in [0.2, 0.25) is 0 Å². The number of benzene rings is 1. The van der Waals surface area contributed by atoms with Crippen LogP contribution < -0.4 is 0 Å². The first kappa shape index (κ1) is 14.0. The quantitative estimate of drug-likeness (QED) is 0.736. The predicted molar refractivity (Wildman–Crippen MR) is 73.8 cm³/mol. The number of tetrazole rings is 1. The summed E-state index contributed by atoms with van der Waals surface area (Å²) >= 11 is 1.35. The summed E-state index contributed by atoms with van der Waals surface area (Å²) in [6, 6.07) is 9.84. The lowest BCUT2D eigenvalue weighted by molar-refractivity contribution is 0.600. The van der Waals surface area contributed by atoms with Crippen LogP contribution in [0.4, 0.5) is 0 Å². The number of nitrogens with zero attached hydrogens (tertiary/aromatic N) is 4. The van der Waals surface area contributed by atoms with Crippen LogP contribution in [0.15, 0.2) is 35.5 Å². The SMILES string of the molecule is CS(=O)(=O)CCSc1nnnn1Cc1ccccc1. The van der Waals surface area contributed by atoms with E-state index in [1.807, 2.05) is 30.3 Å². The fourth-order valence-electron chi connectivity index (χ4n) is 1.44. The van der Waals surface area contributed by atoms with Gasteiger partial charge in [0, 0.05) is 12.0 Å².